The molecule has 4 atom stereocenters. The third-order valence-corrected chi connectivity index (χ3v) is 7.27. The molecule has 1 aliphatic heterocycles. The summed E-state index contributed by atoms with van der Waals surface area (Å²) in [6, 6.07) is 5.27. The molecule has 8 nitrogen and oxygen atoms in total. The Balaban J connectivity index is 1.80. The molecule has 39 heavy (non-hydrogen) atoms. The van der Waals surface area contributed by atoms with Gasteiger partial charge in [0.1, 0.15) is 23.7 Å². The maximum atomic E-state index is 14.2. The van der Waals surface area contributed by atoms with Gasteiger partial charge >= 0.3 is 12.4 Å². The molecule has 0 unspecified atom stereocenters. The van der Waals surface area contributed by atoms with Gasteiger partial charge in [-0.25, -0.2) is 0 Å². The van der Waals surface area contributed by atoms with E-state index >= 15 is 0 Å². The predicted octanol–water partition coefficient (Wildman–Crippen LogP) is 4.18. The first kappa shape index (κ1) is 28.6. The summed E-state index contributed by atoms with van der Waals surface area (Å²) in [5, 5.41) is 11.9. The zero-order valence-corrected chi connectivity index (χ0v) is 20.6. The highest BCUT2D eigenvalue weighted by atomic mass is 19.4. The Hall–Kier alpha value is -3.39. The molecule has 4 rings (SSSR count). The molecule has 1 aromatic heterocycles. The van der Waals surface area contributed by atoms with Crippen molar-refractivity contribution < 1.29 is 50.5 Å². The van der Waals surface area contributed by atoms with Gasteiger partial charge in [0.05, 0.1) is 11.7 Å². The van der Waals surface area contributed by atoms with Crippen LogP contribution in [0.2, 0.25) is 0 Å². The van der Waals surface area contributed by atoms with Gasteiger partial charge < -0.3 is 25.6 Å². The highest BCUT2D eigenvalue weighted by Gasteiger charge is 2.66. The summed E-state index contributed by atoms with van der Waals surface area (Å²) < 4.78 is 95.5. The molecule has 2 aliphatic rings. The number of anilines is 1. The molecule has 2 fully saturated rings. The fourth-order valence-corrected chi connectivity index (χ4v) is 4.85. The van der Waals surface area contributed by atoms with Gasteiger partial charge in [0.2, 0.25) is 0 Å². The van der Waals surface area contributed by atoms with Crippen LogP contribution in [0.5, 0.6) is 5.75 Å². The van der Waals surface area contributed by atoms with E-state index in [2.05, 4.69) is 10.3 Å². The number of carbonyl (C=O) groups is 2. The van der Waals surface area contributed by atoms with Crippen LogP contribution in [0, 0.1) is 5.92 Å². The number of carbonyl (C=O) groups excluding carboxylic acids is 2. The summed E-state index contributed by atoms with van der Waals surface area (Å²) >= 11 is 0. The van der Waals surface area contributed by atoms with Crippen molar-refractivity contribution in [1.29, 1.82) is 0 Å². The number of hydrogen-bond donors (Lipinski definition) is 3. The van der Waals surface area contributed by atoms with E-state index in [9.17, 15) is 41.0 Å². The lowest BCUT2D eigenvalue weighted by molar-refractivity contribution is -0.272. The van der Waals surface area contributed by atoms with Crippen molar-refractivity contribution in [3.05, 3.63) is 53.3 Å². The Bertz CT molecular complexity index is 1260. The lowest BCUT2D eigenvalue weighted by Crippen LogP contribution is -2.47. The van der Waals surface area contributed by atoms with E-state index in [-0.39, 0.29) is 29.8 Å². The number of alkyl halides is 6. The predicted molar refractivity (Wildman–Crippen MR) is 124 cm³/mol. The number of pyridine rings is 1. The van der Waals surface area contributed by atoms with Crippen molar-refractivity contribution in [2.45, 2.75) is 68.9 Å². The zero-order valence-electron chi connectivity index (χ0n) is 20.6. The first-order valence-corrected chi connectivity index (χ1v) is 11.9. The second-order valence-electron chi connectivity index (χ2n) is 9.83. The molecule has 2 heterocycles. The Kier molecular flexibility index (Phi) is 7.32. The molecule has 2 aromatic rings. The SMILES string of the molecule is C[C@H]1[C@@H](c2cccc(C(F)(F)F)c2O[C@H]2C[C@@H](O)C2)[C@H](C(=O)Nc2ccnc(C(N)=O)c2)O[C@@]1(C)C(F)(F)F. The molecule has 212 valence electrons. The van der Waals surface area contributed by atoms with Crippen molar-refractivity contribution in [3.8, 4) is 5.75 Å². The summed E-state index contributed by atoms with van der Waals surface area (Å²) in [5.41, 5.74) is 0.478. The van der Waals surface area contributed by atoms with E-state index < -0.39 is 71.2 Å². The topological polar surface area (TPSA) is 124 Å². The second-order valence-corrected chi connectivity index (χ2v) is 9.83. The molecular weight excluding hydrogens is 536 g/mol. The number of nitrogens with one attached hydrogen (secondary N) is 1. The van der Waals surface area contributed by atoms with Gasteiger partial charge in [0, 0.05) is 42.1 Å². The number of amides is 2. The van der Waals surface area contributed by atoms with Crippen molar-refractivity contribution in [2.24, 2.45) is 11.7 Å². The third-order valence-electron chi connectivity index (χ3n) is 7.27. The van der Waals surface area contributed by atoms with E-state index in [0.29, 0.717) is 0 Å². The van der Waals surface area contributed by atoms with Crippen molar-refractivity contribution >= 4 is 17.5 Å². The van der Waals surface area contributed by atoms with Crippen LogP contribution in [0.25, 0.3) is 0 Å². The lowest BCUT2D eigenvalue weighted by atomic mass is 9.76. The molecule has 0 spiro atoms. The van der Waals surface area contributed by atoms with Crippen LogP contribution in [0.1, 0.15) is 54.2 Å². The number of halogens is 6. The molecule has 1 saturated carbocycles. The molecule has 1 aliphatic carbocycles. The Morgan fingerprint density at radius 3 is 2.41 bits per heavy atom. The van der Waals surface area contributed by atoms with Crippen LogP contribution in [0.15, 0.2) is 36.5 Å². The maximum absolute atomic E-state index is 14.2. The molecule has 1 saturated heterocycles. The van der Waals surface area contributed by atoms with Crippen molar-refractivity contribution in [1.82, 2.24) is 4.98 Å². The van der Waals surface area contributed by atoms with Gasteiger partial charge in [0.25, 0.3) is 11.8 Å². The van der Waals surface area contributed by atoms with E-state index in [0.717, 1.165) is 38.2 Å². The summed E-state index contributed by atoms with van der Waals surface area (Å²) in [7, 11) is 0. The van der Waals surface area contributed by atoms with Gasteiger partial charge in [-0.1, -0.05) is 19.1 Å². The molecule has 4 N–H and O–H groups in total. The van der Waals surface area contributed by atoms with Gasteiger partial charge in [0.15, 0.2) is 5.60 Å². The van der Waals surface area contributed by atoms with E-state index in [1.165, 1.54) is 12.1 Å². The minimum absolute atomic E-state index is 0.0385. The molecule has 0 radical (unpaired) electrons. The number of benzene rings is 1. The molecule has 14 heteroatoms. The molecule has 2 amide bonds. The first-order valence-electron chi connectivity index (χ1n) is 11.9. The summed E-state index contributed by atoms with van der Waals surface area (Å²) in [6.07, 6.45) is -12.2. The zero-order chi connectivity index (χ0) is 28.9. The third kappa shape index (κ3) is 5.39. The van der Waals surface area contributed by atoms with E-state index in [4.69, 9.17) is 15.2 Å². The van der Waals surface area contributed by atoms with Gasteiger partial charge in [-0.15, -0.1) is 0 Å². The quantitative estimate of drug-likeness (QED) is 0.455. The molecule has 1 aromatic carbocycles. The van der Waals surface area contributed by atoms with Crippen LogP contribution < -0.4 is 15.8 Å². The first-order chi connectivity index (χ1) is 18.0. The number of aliphatic hydroxyl groups is 1. The Labute approximate surface area is 218 Å². The molecule has 0 bridgehead atoms. The summed E-state index contributed by atoms with van der Waals surface area (Å²) in [4.78, 5) is 28.5. The number of ether oxygens (including phenoxy) is 2. The Morgan fingerprint density at radius 1 is 1.18 bits per heavy atom. The van der Waals surface area contributed by atoms with Crippen LogP contribution in [-0.2, 0) is 15.7 Å². The van der Waals surface area contributed by atoms with Crippen LogP contribution >= 0.6 is 0 Å². The standard InChI is InChI=1S/C25H25F6N3O5/c1-11-18(15-4-3-5-16(24(26,27)28)19(15)38-14-9-13(35)10-14)20(39-23(11,2)25(29,30)31)22(37)34-12-6-7-33-17(8-12)21(32)36/h3-8,11,13-14,18,20,35H,9-10H2,1-2H3,(H2,32,36)(H,33,34,37)/t11-,13-,14+,18-,20+,23+/m0/s1. The van der Waals surface area contributed by atoms with Gasteiger partial charge in [-0.3, -0.25) is 14.6 Å². The van der Waals surface area contributed by atoms with E-state index in [1.807, 2.05) is 0 Å². The average molecular weight is 561 g/mol. The minimum atomic E-state index is -4.99. The molecular formula is C25H25F6N3O5. The average Bonchev–Trinajstić information content (AvgIpc) is 3.09. The number of nitrogens with zero attached hydrogens (tertiary/aromatic N) is 1. The fourth-order valence-electron chi connectivity index (χ4n) is 4.85. The number of rotatable bonds is 6. The summed E-state index contributed by atoms with van der Waals surface area (Å²) in [6.45, 7) is 1.87. The Morgan fingerprint density at radius 2 is 1.85 bits per heavy atom. The maximum Gasteiger partial charge on any atom is 0.419 e. The summed E-state index contributed by atoms with van der Waals surface area (Å²) in [5.74, 6) is -5.80. The highest BCUT2D eigenvalue weighted by molar-refractivity contribution is 5.97. The van der Waals surface area contributed by atoms with E-state index in [1.54, 1.807) is 0 Å². The fraction of sp³-hybridized carbons (Fsp3) is 0.480. The number of para-hydroxylation sites is 1. The largest absolute Gasteiger partial charge is 0.489 e. The number of primary amides is 1. The number of nitrogens with two attached hydrogens (primary N) is 1. The van der Waals surface area contributed by atoms with Gasteiger partial charge in [-0.2, -0.15) is 26.3 Å². The number of hydrogen-bond acceptors (Lipinski definition) is 6. The second kappa shape index (κ2) is 9.97. The van der Waals surface area contributed by atoms with Crippen molar-refractivity contribution in [3.63, 3.8) is 0 Å². The smallest absolute Gasteiger partial charge is 0.419 e. The van der Waals surface area contributed by atoms with Crippen LogP contribution in [0.4, 0.5) is 32.0 Å². The lowest BCUT2D eigenvalue weighted by Gasteiger charge is -2.35. The van der Waals surface area contributed by atoms with Crippen LogP contribution in [-0.4, -0.2) is 52.0 Å². The highest BCUT2D eigenvalue weighted by Crippen LogP contribution is 2.56. The monoisotopic (exact) mass is 561 g/mol. The number of aromatic nitrogens is 1. The van der Waals surface area contributed by atoms with Crippen LogP contribution in [0.3, 0.4) is 0 Å². The number of aliphatic hydroxyl groups excluding tert-OH is 1. The van der Waals surface area contributed by atoms with Crippen molar-refractivity contribution in [2.75, 3.05) is 5.32 Å². The van der Waals surface area contributed by atoms with Gasteiger partial charge in [-0.05, 0) is 25.1 Å². The minimum Gasteiger partial charge on any atom is -0.489 e. The normalized spacial score (nSPS) is 29.0.